The van der Waals surface area contributed by atoms with Crippen molar-refractivity contribution in [2.24, 2.45) is 0 Å². The van der Waals surface area contributed by atoms with E-state index in [2.05, 4.69) is 4.74 Å². The summed E-state index contributed by atoms with van der Waals surface area (Å²) in [6.07, 6.45) is -2.13. The average Bonchev–Trinajstić information content (AvgIpc) is 2.58. The average molecular weight is 419 g/mol. The summed E-state index contributed by atoms with van der Waals surface area (Å²) in [7, 11) is -4.46. The standard InChI is InChI=1S/C16H16ClO9P/c1-9(16(20)24-8-27(21,22)23)25-11-2-4-12(5-3-11)26-14-7-10(18)6-13(17)15(14)19/h2-7,9,18-19H,8H2,1H3,(H2,21,22,23). The third-order valence-electron chi connectivity index (χ3n) is 3.08. The molecule has 0 aromatic heterocycles. The largest absolute Gasteiger partial charge is 0.508 e. The molecule has 2 aromatic rings. The van der Waals surface area contributed by atoms with Crippen molar-refractivity contribution in [1.29, 1.82) is 0 Å². The van der Waals surface area contributed by atoms with E-state index >= 15 is 0 Å². The summed E-state index contributed by atoms with van der Waals surface area (Å²) in [6.45, 7) is 1.36. The highest BCUT2D eigenvalue weighted by Gasteiger charge is 2.21. The van der Waals surface area contributed by atoms with Crippen LogP contribution in [0.1, 0.15) is 6.92 Å². The number of aromatic hydroxyl groups is 2. The molecule has 0 fully saturated rings. The Morgan fingerprint density at radius 2 is 1.74 bits per heavy atom. The fourth-order valence-electron chi connectivity index (χ4n) is 1.87. The number of halogens is 1. The van der Waals surface area contributed by atoms with Crippen molar-refractivity contribution in [3.05, 3.63) is 41.4 Å². The summed E-state index contributed by atoms with van der Waals surface area (Å²) in [5.74, 6) is -0.954. The highest BCUT2D eigenvalue weighted by molar-refractivity contribution is 7.51. The molecule has 0 bridgehead atoms. The number of ether oxygens (including phenoxy) is 3. The van der Waals surface area contributed by atoms with Crippen molar-refractivity contribution in [2.75, 3.05) is 6.35 Å². The van der Waals surface area contributed by atoms with Crippen molar-refractivity contribution in [3.63, 3.8) is 0 Å². The second kappa shape index (κ2) is 8.49. The van der Waals surface area contributed by atoms with Crippen molar-refractivity contribution in [1.82, 2.24) is 0 Å². The molecule has 146 valence electrons. The fourth-order valence-corrected chi connectivity index (χ4v) is 2.37. The first-order chi connectivity index (χ1) is 12.5. The number of hydrogen-bond acceptors (Lipinski definition) is 7. The second-order valence-electron chi connectivity index (χ2n) is 5.37. The molecule has 2 rings (SSSR count). The van der Waals surface area contributed by atoms with E-state index < -0.39 is 26.0 Å². The summed E-state index contributed by atoms with van der Waals surface area (Å²) >= 11 is 5.75. The van der Waals surface area contributed by atoms with Gasteiger partial charge in [-0.25, -0.2) is 4.79 Å². The Bertz CT molecular complexity index is 863. The Balaban J connectivity index is 1.99. The van der Waals surface area contributed by atoms with Gasteiger partial charge in [0.25, 0.3) is 0 Å². The van der Waals surface area contributed by atoms with Crippen molar-refractivity contribution in [2.45, 2.75) is 13.0 Å². The Morgan fingerprint density at radius 1 is 1.15 bits per heavy atom. The number of phenols is 2. The second-order valence-corrected chi connectivity index (χ2v) is 7.36. The molecule has 2 aromatic carbocycles. The van der Waals surface area contributed by atoms with E-state index in [0.29, 0.717) is 0 Å². The number of benzene rings is 2. The van der Waals surface area contributed by atoms with Crippen molar-refractivity contribution < 1.29 is 43.6 Å². The molecule has 0 saturated carbocycles. The lowest BCUT2D eigenvalue weighted by atomic mass is 10.3. The molecule has 0 aliphatic rings. The molecule has 0 radical (unpaired) electrons. The topological polar surface area (TPSA) is 143 Å². The molecule has 1 atom stereocenters. The van der Waals surface area contributed by atoms with Crippen LogP contribution in [0.4, 0.5) is 0 Å². The molecule has 0 aliphatic carbocycles. The van der Waals surface area contributed by atoms with Crippen LogP contribution < -0.4 is 9.47 Å². The Morgan fingerprint density at radius 3 is 2.33 bits per heavy atom. The molecule has 9 nitrogen and oxygen atoms in total. The highest BCUT2D eigenvalue weighted by Crippen LogP contribution is 2.40. The minimum absolute atomic E-state index is 0.0527. The number of esters is 1. The van der Waals surface area contributed by atoms with Gasteiger partial charge in [-0.15, -0.1) is 0 Å². The maximum Gasteiger partial charge on any atom is 0.362 e. The highest BCUT2D eigenvalue weighted by atomic mass is 35.5. The maximum atomic E-state index is 11.6. The predicted molar refractivity (Wildman–Crippen MR) is 94.4 cm³/mol. The molecule has 11 heteroatoms. The maximum absolute atomic E-state index is 11.6. The first-order valence-electron chi connectivity index (χ1n) is 7.42. The third kappa shape index (κ3) is 6.33. The van der Waals surface area contributed by atoms with E-state index in [1.54, 1.807) is 0 Å². The van der Waals surface area contributed by atoms with Gasteiger partial charge in [-0.1, -0.05) is 11.6 Å². The number of carbonyl (C=O) groups is 1. The zero-order valence-corrected chi connectivity index (χ0v) is 15.6. The fraction of sp³-hybridized carbons (Fsp3) is 0.188. The molecule has 4 N–H and O–H groups in total. The SMILES string of the molecule is CC(Oc1ccc(Oc2cc(O)cc(Cl)c2O)cc1)C(=O)OCP(=O)(O)O. The number of rotatable bonds is 7. The van der Waals surface area contributed by atoms with Gasteiger partial charge in [0.15, 0.2) is 24.0 Å². The minimum Gasteiger partial charge on any atom is -0.508 e. The van der Waals surface area contributed by atoms with E-state index in [-0.39, 0.29) is 33.8 Å². The normalized spacial score (nSPS) is 12.3. The Hall–Kier alpha value is -2.45. The molecule has 0 amide bonds. The van der Waals surface area contributed by atoms with Crippen LogP contribution in [0.5, 0.6) is 28.7 Å². The van der Waals surface area contributed by atoms with Crippen molar-refractivity contribution >= 4 is 25.2 Å². The monoisotopic (exact) mass is 418 g/mol. The lowest BCUT2D eigenvalue weighted by Gasteiger charge is -2.15. The summed E-state index contributed by atoms with van der Waals surface area (Å²) in [4.78, 5) is 29.0. The van der Waals surface area contributed by atoms with Crippen LogP contribution in [0, 0.1) is 0 Å². The summed E-state index contributed by atoms with van der Waals surface area (Å²) in [6, 6.07) is 8.21. The van der Waals surface area contributed by atoms with Crippen molar-refractivity contribution in [3.8, 4) is 28.7 Å². The quantitative estimate of drug-likeness (QED) is 0.303. The smallest absolute Gasteiger partial charge is 0.362 e. The summed E-state index contributed by atoms with van der Waals surface area (Å²) < 4.78 is 25.9. The number of hydrogen-bond donors (Lipinski definition) is 4. The molecular formula is C16H16ClO9P. The van der Waals surface area contributed by atoms with Crippen LogP contribution in [-0.4, -0.2) is 38.4 Å². The molecule has 1 unspecified atom stereocenters. The van der Waals surface area contributed by atoms with Crippen LogP contribution >= 0.6 is 19.2 Å². The van der Waals surface area contributed by atoms with Crippen LogP contribution in [-0.2, 0) is 14.1 Å². The van der Waals surface area contributed by atoms with Gasteiger partial charge >= 0.3 is 13.6 Å². The molecule has 0 aliphatic heterocycles. The van der Waals surface area contributed by atoms with Gasteiger partial charge in [0.2, 0.25) is 0 Å². The summed E-state index contributed by atoms with van der Waals surface area (Å²) in [5.41, 5.74) is 0. The molecule has 0 heterocycles. The van der Waals surface area contributed by atoms with E-state index in [1.807, 2.05) is 0 Å². The van der Waals surface area contributed by atoms with Gasteiger partial charge in [-0.05, 0) is 31.2 Å². The van der Waals surface area contributed by atoms with E-state index in [4.69, 9.17) is 30.9 Å². The van der Waals surface area contributed by atoms with Gasteiger partial charge in [-0.2, -0.15) is 0 Å². The number of phenolic OH excluding ortho intramolecular Hbond substituents is 2. The van der Waals surface area contributed by atoms with E-state index in [1.165, 1.54) is 37.3 Å². The first-order valence-corrected chi connectivity index (χ1v) is 9.60. The Labute approximate surface area is 158 Å². The van der Waals surface area contributed by atoms with Gasteiger partial charge in [-0.3, -0.25) is 4.57 Å². The van der Waals surface area contributed by atoms with E-state index in [0.717, 1.165) is 6.07 Å². The van der Waals surface area contributed by atoms with Gasteiger partial charge in [0.1, 0.15) is 17.2 Å². The third-order valence-corrected chi connectivity index (χ3v) is 3.84. The summed E-state index contributed by atoms with van der Waals surface area (Å²) in [5, 5.41) is 19.2. The predicted octanol–water partition coefficient (Wildman–Crippen LogP) is 2.99. The molecule has 0 spiro atoms. The first kappa shape index (κ1) is 20.9. The van der Waals surface area contributed by atoms with Crippen LogP contribution in [0.25, 0.3) is 0 Å². The van der Waals surface area contributed by atoms with Gasteiger partial charge in [0, 0.05) is 12.1 Å². The molecule has 27 heavy (non-hydrogen) atoms. The zero-order valence-electron chi connectivity index (χ0n) is 13.9. The van der Waals surface area contributed by atoms with Gasteiger partial charge in [0.05, 0.1) is 5.02 Å². The number of carbonyl (C=O) groups excluding carboxylic acids is 1. The molecule has 0 saturated heterocycles. The van der Waals surface area contributed by atoms with Crippen LogP contribution in [0.2, 0.25) is 5.02 Å². The van der Waals surface area contributed by atoms with Crippen LogP contribution in [0.15, 0.2) is 36.4 Å². The lowest BCUT2D eigenvalue weighted by molar-refractivity contribution is -0.149. The van der Waals surface area contributed by atoms with Gasteiger partial charge < -0.3 is 34.2 Å². The zero-order chi connectivity index (χ0) is 20.2. The molecular weight excluding hydrogens is 403 g/mol. The Kier molecular flexibility index (Phi) is 6.56. The van der Waals surface area contributed by atoms with E-state index in [9.17, 15) is 19.6 Å². The lowest BCUT2D eigenvalue weighted by Crippen LogP contribution is -2.26. The van der Waals surface area contributed by atoms with Crippen LogP contribution in [0.3, 0.4) is 0 Å². The minimum atomic E-state index is -4.46.